The van der Waals surface area contributed by atoms with Gasteiger partial charge in [0.25, 0.3) is 0 Å². The molecule has 3 heterocycles. The van der Waals surface area contributed by atoms with E-state index in [0.29, 0.717) is 19.4 Å². The fourth-order valence-corrected chi connectivity index (χ4v) is 3.47. The maximum absolute atomic E-state index is 12.9. The van der Waals surface area contributed by atoms with Gasteiger partial charge in [-0.1, -0.05) is 6.92 Å². The normalized spacial score (nSPS) is 20.0. The molecule has 6 nitrogen and oxygen atoms in total. The van der Waals surface area contributed by atoms with E-state index in [0.717, 1.165) is 37.4 Å². The number of likely N-dealkylation sites (tertiary alicyclic amines) is 1. The smallest absolute Gasteiger partial charge is 0.245 e. The van der Waals surface area contributed by atoms with Crippen LogP contribution in [0.2, 0.25) is 0 Å². The molecule has 1 atom stereocenters. The van der Waals surface area contributed by atoms with Crippen molar-refractivity contribution in [3.8, 4) is 0 Å². The Labute approximate surface area is 131 Å². The zero-order chi connectivity index (χ0) is 15.7. The van der Waals surface area contributed by atoms with Gasteiger partial charge in [0.1, 0.15) is 11.9 Å². The summed E-state index contributed by atoms with van der Waals surface area (Å²) in [7, 11) is 0. The largest absolute Gasteiger partial charge is 0.341 e. The Bertz CT molecular complexity index is 575. The minimum Gasteiger partial charge on any atom is -0.341 e. The summed E-state index contributed by atoms with van der Waals surface area (Å²) in [5.41, 5.74) is 0.884. The van der Waals surface area contributed by atoms with E-state index in [2.05, 4.69) is 5.10 Å². The van der Waals surface area contributed by atoms with E-state index in [1.54, 1.807) is 4.90 Å². The van der Waals surface area contributed by atoms with Crippen molar-refractivity contribution >= 4 is 17.6 Å². The lowest BCUT2D eigenvalue weighted by Gasteiger charge is -2.37. The molecule has 3 rings (SSSR count). The van der Waals surface area contributed by atoms with Crippen LogP contribution in [0.3, 0.4) is 0 Å². The number of hydrogen-bond donors (Lipinski definition) is 0. The molecule has 1 unspecified atom stereocenters. The third kappa shape index (κ3) is 2.62. The van der Waals surface area contributed by atoms with Crippen LogP contribution < -0.4 is 4.90 Å². The molecule has 22 heavy (non-hydrogen) atoms. The molecule has 0 N–H and O–H groups in total. The zero-order valence-corrected chi connectivity index (χ0v) is 13.4. The number of amides is 2. The Morgan fingerprint density at radius 2 is 2.00 bits per heavy atom. The molecular weight excluding hydrogens is 280 g/mol. The predicted octanol–water partition coefficient (Wildman–Crippen LogP) is 1.72. The molecule has 2 amide bonds. The second-order valence-corrected chi connectivity index (χ2v) is 6.19. The molecule has 0 radical (unpaired) electrons. The molecular formula is C16H24N4O2. The molecule has 2 aliphatic rings. The first-order valence-electron chi connectivity index (χ1n) is 8.27. The van der Waals surface area contributed by atoms with Gasteiger partial charge in [0.05, 0.1) is 12.2 Å². The van der Waals surface area contributed by atoms with Crippen molar-refractivity contribution in [1.29, 1.82) is 0 Å². The summed E-state index contributed by atoms with van der Waals surface area (Å²) in [5.74, 6) is 0.887. The number of carbonyl (C=O) groups is 2. The van der Waals surface area contributed by atoms with Gasteiger partial charge in [-0.2, -0.15) is 5.10 Å². The van der Waals surface area contributed by atoms with Crippen LogP contribution in [0.15, 0.2) is 6.07 Å². The summed E-state index contributed by atoms with van der Waals surface area (Å²) in [5, 5.41) is 4.42. The molecule has 0 aromatic carbocycles. The number of rotatable bonds is 3. The van der Waals surface area contributed by atoms with E-state index in [1.807, 2.05) is 29.5 Å². The van der Waals surface area contributed by atoms with E-state index in [9.17, 15) is 9.59 Å². The van der Waals surface area contributed by atoms with Crippen LogP contribution >= 0.6 is 0 Å². The SMILES string of the molecule is CCC(C(=O)N1CCCCC1)N1C(=O)CCn2nc(C)cc21. The van der Waals surface area contributed by atoms with Crippen LogP contribution in [0.5, 0.6) is 0 Å². The molecule has 0 spiro atoms. The predicted molar refractivity (Wildman–Crippen MR) is 83.6 cm³/mol. The van der Waals surface area contributed by atoms with Gasteiger partial charge >= 0.3 is 0 Å². The first kappa shape index (κ1) is 15.1. The van der Waals surface area contributed by atoms with Gasteiger partial charge < -0.3 is 4.90 Å². The fourth-order valence-electron chi connectivity index (χ4n) is 3.47. The lowest BCUT2D eigenvalue weighted by atomic mass is 10.1. The summed E-state index contributed by atoms with van der Waals surface area (Å²) in [6.45, 7) is 6.13. The van der Waals surface area contributed by atoms with Gasteiger partial charge in [-0.25, -0.2) is 4.68 Å². The Kier molecular flexibility index (Phi) is 4.18. The Morgan fingerprint density at radius 1 is 1.27 bits per heavy atom. The summed E-state index contributed by atoms with van der Waals surface area (Å²) >= 11 is 0. The second-order valence-electron chi connectivity index (χ2n) is 6.19. The van der Waals surface area contributed by atoms with Crippen LogP contribution in [0.4, 0.5) is 5.82 Å². The van der Waals surface area contributed by atoms with Crippen molar-refractivity contribution < 1.29 is 9.59 Å². The Morgan fingerprint density at radius 3 is 2.68 bits per heavy atom. The molecule has 120 valence electrons. The van der Waals surface area contributed by atoms with Crippen LogP contribution in [-0.2, 0) is 16.1 Å². The van der Waals surface area contributed by atoms with Gasteiger partial charge in [-0.05, 0) is 32.6 Å². The second kappa shape index (κ2) is 6.10. The van der Waals surface area contributed by atoms with E-state index >= 15 is 0 Å². The van der Waals surface area contributed by atoms with E-state index in [4.69, 9.17) is 0 Å². The molecule has 0 bridgehead atoms. The average Bonchev–Trinajstić information content (AvgIpc) is 2.91. The molecule has 2 aliphatic heterocycles. The van der Waals surface area contributed by atoms with Gasteiger partial charge in [0, 0.05) is 25.6 Å². The summed E-state index contributed by atoms with van der Waals surface area (Å²) in [4.78, 5) is 29.0. The third-order valence-electron chi connectivity index (χ3n) is 4.59. The van der Waals surface area contributed by atoms with Crippen molar-refractivity contribution in [2.45, 2.75) is 58.5 Å². The summed E-state index contributed by atoms with van der Waals surface area (Å²) < 4.78 is 1.85. The molecule has 1 fully saturated rings. The Balaban J connectivity index is 1.88. The van der Waals surface area contributed by atoms with Gasteiger partial charge in [-0.3, -0.25) is 14.5 Å². The first-order valence-corrected chi connectivity index (χ1v) is 8.27. The van der Waals surface area contributed by atoms with Crippen molar-refractivity contribution in [1.82, 2.24) is 14.7 Å². The lowest BCUT2D eigenvalue weighted by molar-refractivity contribution is -0.135. The summed E-state index contributed by atoms with van der Waals surface area (Å²) in [6.07, 6.45) is 4.36. The standard InChI is InChI=1S/C16H24N4O2/c1-3-13(16(22)18-8-5-4-6-9-18)20-14-11-12(2)17-19(14)10-7-15(20)21/h11,13H,3-10H2,1-2H3. The summed E-state index contributed by atoms with van der Waals surface area (Å²) in [6, 6.07) is 1.50. The van der Waals surface area contributed by atoms with Crippen LogP contribution in [0, 0.1) is 6.92 Å². The quantitative estimate of drug-likeness (QED) is 0.854. The van der Waals surface area contributed by atoms with Gasteiger partial charge in [0.15, 0.2) is 0 Å². The fraction of sp³-hybridized carbons (Fsp3) is 0.688. The topological polar surface area (TPSA) is 58.4 Å². The highest BCUT2D eigenvalue weighted by Gasteiger charge is 2.36. The first-order chi connectivity index (χ1) is 10.6. The highest BCUT2D eigenvalue weighted by molar-refractivity contribution is 6.01. The maximum Gasteiger partial charge on any atom is 0.245 e. The van der Waals surface area contributed by atoms with Gasteiger partial charge in [0.2, 0.25) is 11.8 Å². The molecule has 0 saturated carbocycles. The average molecular weight is 304 g/mol. The van der Waals surface area contributed by atoms with Crippen molar-refractivity contribution in [2.24, 2.45) is 0 Å². The molecule has 1 saturated heterocycles. The highest BCUT2D eigenvalue weighted by atomic mass is 16.2. The van der Waals surface area contributed by atoms with Gasteiger partial charge in [-0.15, -0.1) is 0 Å². The molecule has 0 aliphatic carbocycles. The Hall–Kier alpha value is -1.85. The maximum atomic E-state index is 12.9. The number of hydrogen-bond acceptors (Lipinski definition) is 3. The minimum atomic E-state index is -0.402. The number of aryl methyl sites for hydroxylation is 2. The number of piperidine rings is 1. The monoisotopic (exact) mass is 304 g/mol. The number of carbonyl (C=O) groups excluding carboxylic acids is 2. The lowest BCUT2D eigenvalue weighted by Crippen LogP contribution is -2.54. The van der Waals surface area contributed by atoms with Crippen LogP contribution in [0.1, 0.15) is 44.7 Å². The number of fused-ring (bicyclic) bond motifs is 1. The van der Waals surface area contributed by atoms with Crippen molar-refractivity contribution in [3.05, 3.63) is 11.8 Å². The molecule has 1 aromatic heterocycles. The van der Waals surface area contributed by atoms with Crippen LogP contribution in [-0.4, -0.2) is 45.6 Å². The molecule has 6 heteroatoms. The van der Waals surface area contributed by atoms with Crippen molar-refractivity contribution in [2.75, 3.05) is 18.0 Å². The highest BCUT2D eigenvalue weighted by Crippen LogP contribution is 2.27. The zero-order valence-electron chi connectivity index (χ0n) is 13.4. The van der Waals surface area contributed by atoms with E-state index in [1.165, 1.54) is 6.42 Å². The van der Waals surface area contributed by atoms with Crippen LogP contribution in [0.25, 0.3) is 0 Å². The third-order valence-corrected chi connectivity index (χ3v) is 4.59. The number of aromatic nitrogens is 2. The number of anilines is 1. The van der Waals surface area contributed by atoms with Crippen molar-refractivity contribution in [3.63, 3.8) is 0 Å². The van der Waals surface area contributed by atoms with E-state index in [-0.39, 0.29) is 11.8 Å². The molecule has 1 aromatic rings. The minimum absolute atomic E-state index is 0.0320. The number of nitrogens with zero attached hydrogens (tertiary/aromatic N) is 4. The van der Waals surface area contributed by atoms with E-state index < -0.39 is 6.04 Å².